The van der Waals surface area contributed by atoms with Crippen molar-refractivity contribution in [1.82, 2.24) is 14.8 Å². The molecule has 1 aliphatic heterocycles. The number of pyridine rings is 1. The zero-order valence-corrected chi connectivity index (χ0v) is 10.6. The molecule has 2 rings (SSSR count). The smallest absolute Gasteiger partial charge is 0.325 e. The van der Waals surface area contributed by atoms with Crippen molar-refractivity contribution in [3.05, 3.63) is 30.1 Å². The van der Waals surface area contributed by atoms with E-state index in [0.717, 1.165) is 38.3 Å². The number of carboxylic acid groups (broad SMARTS) is 1. The molecule has 1 N–H and O–H groups in total. The van der Waals surface area contributed by atoms with E-state index in [1.807, 2.05) is 4.90 Å². The van der Waals surface area contributed by atoms with Gasteiger partial charge in [-0.25, -0.2) is 0 Å². The summed E-state index contributed by atoms with van der Waals surface area (Å²) in [6.45, 7) is 6.63. The van der Waals surface area contributed by atoms with Gasteiger partial charge in [-0.3, -0.25) is 14.7 Å². The molecule has 5 heteroatoms. The van der Waals surface area contributed by atoms with Gasteiger partial charge in [0.2, 0.25) is 0 Å². The van der Waals surface area contributed by atoms with E-state index in [9.17, 15) is 9.90 Å². The second-order valence-electron chi connectivity index (χ2n) is 4.49. The Morgan fingerprint density at radius 3 is 2.44 bits per heavy atom. The van der Waals surface area contributed by atoms with Gasteiger partial charge in [0.1, 0.15) is 6.04 Å². The number of rotatable bonds is 4. The Labute approximate surface area is 107 Å². The SMILES string of the molecule is CCN1CCN(C(C(=O)O)c2ccncc2)CC1. The lowest BCUT2D eigenvalue weighted by atomic mass is 10.1. The molecular weight excluding hydrogens is 230 g/mol. The molecule has 0 amide bonds. The highest BCUT2D eigenvalue weighted by Gasteiger charge is 2.29. The number of hydrogen-bond acceptors (Lipinski definition) is 4. The van der Waals surface area contributed by atoms with E-state index in [1.165, 1.54) is 0 Å². The second kappa shape index (κ2) is 5.93. The van der Waals surface area contributed by atoms with Gasteiger partial charge < -0.3 is 10.0 Å². The summed E-state index contributed by atoms with van der Waals surface area (Å²) in [4.78, 5) is 19.8. The first-order valence-corrected chi connectivity index (χ1v) is 6.31. The fraction of sp³-hybridized carbons (Fsp3) is 0.538. The van der Waals surface area contributed by atoms with Crippen LogP contribution in [0.25, 0.3) is 0 Å². The molecule has 98 valence electrons. The van der Waals surface area contributed by atoms with Crippen molar-refractivity contribution >= 4 is 5.97 Å². The molecule has 0 bridgehead atoms. The first-order chi connectivity index (χ1) is 8.72. The van der Waals surface area contributed by atoms with Crippen molar-refractivity contribution in [3.63, 3.8) is 0 Å². The van der Waals surface area contributed by atoms with Crippen LogP contribution in [0.2, 0.25) is 0 Å². The van der Waals surface area contributed by atoms with Gasteiger partial charge in [-0.15, -0.1) is 0 Å². The highest BCUT2D eigenvalue weighted by Crippen LogP contribution is 2.21. The van der Waals surface area contributed by atoms with Crippen molar-refractivity contribution in [2.75, 3.05) is 32.7 Å². The predicted molar refractivity (Wildman–Crippen MR) is 68.3 cm³/mol. The Morgan fingerprint density at radius 2 is 1.94 bits per heavy atom. The molecule has 18 heavy (non-hydrogen) atoms. The number of piperazine rings is 1. The molecule has 1 aromatic heterocycles. The summed E-state index contributed by atoms with van der Waals surface area (Å²) < 4.78 is 0. The van der Waals surface area contributed by atoms with Gasteiger partial charge in [0.25, 0.3) is 0 Å². The van der Waals surface area contributed by atoms with Crippen molar-refractivity contribution in [2.24, 2.45) is 0 Å². The Morgan fingerprint density at radius 1 is 1.33 bits per heavy atom. The third-order valence-electron chi connectivity index (χ3n) is 3.48. The summed E-state index contributed by atoms with van der Waals surface area (Å²) in [5.74, 6) is -0.786. The van der Waals surface area contributed by atoms with E-state index in [0.29, 0.717) is 0 Å². The minimum atomic E-state index is -0.786. The summed E-state index contributed by atoms with van der Waals surface area (Å²) in [5.41, 5.74) is 0.808. The molecule has 5 nitrogen and oxygen atoms in total. The Hall–Kier alpha value is -1.46. The largest absolute Gasteiger partial charge is 0.480 e. The van der Waals surface area contributed by atoms with E-state index in [-0.39, 0.29) is 0 Å². The Kier molecular flexibility index (Phi) is 4.28. The van der Waals surface area contributed by atoms with Gasteiger partial charge in [0.15, 0.2) is 0 Å². The molecule has 0 aromatic carbocycles. The van der Waals surface area contributed by atoms with Crippen LogP contribution in [0.15, 0.2) is 24.5 Å². The van der Waals surface area contributed by atoms with Crippen LogP contribution in [0, 0.1) is 0 Å². The predicted octanol–water partition coefficient (Wildman–Crippen LogP) is 0.845. The molecule has 0 radical (unpaired) electrons. The van der Waals surface area contributed by atoms with Crippen LogP contribution >= 0.6 is 0 Å². The topological polar surface area (TPSA) is 56.7 Å². The Bertz CT molecular complexity index is 388. The standard InChI is InChI=1S/C13H19N3O2/c1-2-15-7-9-16(10-8-15)12(13(17)18)11-3-5-14-6-4-11/h3-6,12H,2,7-10H2,1H3,(H,17,18). The Balaban J connectivity index is 2.10. The molecule has 1 aliphatic rings. The normalized spacial score (nSPS) is 19.6. The number of carboxylic acids is 1. The molecule has 2 heterocycles. The summed E-state index contributed by atoms with van der Waals surface area (Å²) in [6, 6.07) is 3.02. The summed E-state index contributed by atoms with van der Waals surface area (Å²) in [7, 11) is 0. The average molecular weight is 249 g/mol. The molecule has 0 aliphatic carbocycles. The van der Waals surface area contributed by atoms with Gasteiger partial charge >= 0.3 is 5.97 Å². The van der Waals surface area contributed by atoms with Gasteiger partial charge in [-0.2, -0.15) is 0 Å². The van der Waals surface area contributed by atoms with Crippen molar-refractivity contribution in [3.8, 4) is 0 Å². The third-order valence-corrected chi connectivity index (χ3v) is 3.48. The zero-order chi connectivity index (χ0) is 13.0. The van der Waals surface area contributed by atoms with E-state index in [1.54, 1.807) is 24.5 Å². The fourth-order valence-corrected chi connectivity index (χ4v) is 2.39. The molecule has 1 unspecified atom stereocenters. The fourth-order valence-electron chi connectivity index (χ4n) is 2.39. The summed E-state index contributed by atoms with van der Waals surface area (Å²) in [5, 5.41) is 9.43. The average Bonchev–Trinajstić information content (AvgIpc) is 2.40. The summed E-state index contributed by atoms with van der Waals surface area (Å²) in [6.07, 6.45) is 3.29. The highest BCUT2D eigenvalue weighted by atomic mass is 16.4. The van der Waals surface area contributed by atoms with Crippen LogP contribution in [0.3, 0.4) is 0 Å². The first kappa shape index (κ1) is 13.0. The molecule has 1 fully saturated rings. The van der Waals surface area contributed by atoms with Crippen molar-refractivity contribution in [1.29, 1.82) is 0 Å². The van der Waals surface area contributed by atoms with Crippen LogP contribution in [-0.4, -0.2) is 58.6 Å². The van der Waals surface area contributed by atoms with E-state index < -0.39 is 12.0 Å². The van der Waals surface area contributed by atoms with E-state index in [4.69, 9.17) is 0 Å². The summed E-state index contributed by atoms with van der Waals surface area (Å²) >= 11 is 0. The van der Waals surface area contributed by atoms with Crippen molar-refractivity contribution in [2.45, 2.75) is 13.0 Å². The van der Waals surface area contributed by atoms with Gasteiger partial charge in [0.05, 0.1) is 0 Å². The number of carbonyl (C=O) groups is 1. The molecule has 1 aromatic rings. The molecular formula is C13H19N3O2. The number of aromatic nitrogens is 1. The number of hydrogen-bond donors (Lipinski definition) is 1. The lowest BCUT2D eigenvalue weighted by Crippen LogP contribution is -2.49. The van der Waals surface area contributed by atoms with E-state index >= 15 is 0 Å². The molecule has 0 spiro atoms. The van der Waals surface area contributed by atoms with Gasteiger partial charge in [-0.1, -0.05) is 6.92 Å². The third kappa shape index (κ3) is 2.86. The lowest BCUT2D eigenvalue weighted by molar-refractivity contribution is -0.144. The zero-order valence-electron chi connectivity index (χ0n) is 10.6. The quantitative estimate of drug-likeness (QED) is 0.857. The van der Waals surface area contributed by atoms with Crippen LogP contribution in [0.4, 0.5) is 0 Å². The minimum Gasteiger partial charge on any atom is -0.480 e. The van der Waals surface area contributed by atoms with Gasteiger partial charge in [0, 0.05) is 38.6 Å². The van der Waals surface area contributed by atoms with Crippen LogP contribution < -0.4 is 0 Å². The molecule has 1 atom stereocenters. The highest BCUT2D eigenvalue weighted by molar-refractivity contribution is 5.75. The molecule has 0 saturated carbocycles. The maximum absolute atomic E-state index is 11.5. The molecule has 1 saturated heterocycles. The number of likely N-dealkylation sites (N-methyl/N-ethyl adjacent to an activating group) is 1. The van der Waals surface area contributed by atoms with Crippen LogP contribution in [0.1, 0.15) is 18.5 Å². The number of nitrogens with zero attached hydrogens (tertiary/aromatic N) is 3. The number of aliphatic carboxylic acids is 1. The second-order valence-corrected chi connectivity index (χ2v) is 4.49. The van der Waals surface area contributed by atoms with Crippen LogP contribution in [-0.2, 0) is 4.79 Å². The van der Waals surface area contributed by atoms with Crippen molar-refractivity contribution < 1.29 is 9.90 Å². The maximum atomic E-state index is 11.5. The van der Waals surface area contributed by atoms with Crippen LogP contribution in [0.5, 0.6) is 0 Å². The minimum absolute atomic E-state index is 0.549. The first-order valence-electron chi connectivity index (χ1n) is 6.31. The maximum Gasteiger partial charge on any atom is 0.325 e. The van der Waals surface area contributed by atoms with Gasteiger partial charge in [-0.05, 0) is 24.2 Å². The monoisotopic (exact) mass is 249 g/mol. The lowest BCUT2D eigenvalue weighted by Gasteiger charge is -2.37. The van der Waals surface area contributed by atoms with E-state index in [2.05, 4.69) is 16.8 Å².